The van der Waals surface area contributed by atoms with E-state index in [0.717, 1.165) is 5.57 Å². The maximum absolute atomic E-state index is 11.6. The van der Waals surface area contributed by atoms with E-state index < -0.39 is 0 Å². The Morgan fingerprint density at radius 1 is 1.36 bits per heavy atom. The molecule has 0 atom stereocenters. The molecular weight excluding hydrogens is 176 g/mol. The zero-order chi connectivity index (χ0) is 10.4. The summed E-state index contributed by atoms with van der Waals surface area (Å²) < 4.78 is 4.92. The summed E-state index contributed by atoms with van der Waals surface area (Å²) in [5.41, 5.74) is 1.64. The molecule has 2 heteroatoms. The molecule has 0 N–H and O–H groups in total. The lowest BCUT2D eigenvalue weighted by Crippen LogP contribution is -1.98. The van der Waals surface area contributed by atoms with Gasteiger partial charge in [-0.1, -0.05) is 30.3 Å². The topological polar surface area (TPSA) is 26.3 Å². The minimum atomic E-state index is 0.0279. The molecule has 0 bridgehead atoms. The lowest BCUT2D eigenvalue weighted by atomic mass is 10.1. The van der Waals surface area contributed by atoms with E-state index >= 15 is 0 Å². The van der Waals surface area contributed by atoms with E-state index in [1.807, 2.05) is 25.1 Å². The number of rotatable bonds is 4. The van der Waals surface area contributed by atoms with Crippen molar-refractivity contribution in [1.29, 1.82) is 0 Å². The van der Waals surface area contributed by atoms with Crippen LogP contribution in [0.1, 0.15) is 17.3 Å². The Hall–Kier alpha value is -1.41. The molecule has 0 aliphatic rings. The first-order chi connectivity index (χ1) is 6.74. The molecule has 0 spiro atoms. The van der Waals surface area contributed by atoms with E-state index in [1.54, 1.807) is 25.3 Å². The summed E-state index contributed by atoms with van der Waals surface area (Å²) in [5.74, 6) is 0.0279. The molecular formula is C12H14O2. The first-order valence-electron chi connectivity index (χ1n) is 4.49. The number of benzene rings is 1. The highest BCUT2D eigenvalue weighted by molar-refractivity contribution is 6.04. The predicted octanol–water partition coefficient (Wildman–Crippen LogP) is 2.46. The molecule has 0 heterocycles. The molecule has 1 rings (SSSR count). The number of carbonyl (C=O) groups is 1. The molecule has 0 aliphatic carbocycles. The van der Waals surface area contributed by atoms with Crippen LogP contribution in [-0.4, -0.2) is 19.5 Å². The van der Waals surface area contributed by atoms with E-state index in [2.05, 4.69) is 0 Å². The lowest BCUT2D eigenvalue weighted by molar-refractivity contribution is 0.104. The molecule has 74 valence electrons. The SMILES string of the molecule is COCC(C)=CC(=O)c1ccccc1. The van der Waals surface area contributed by atoms with Gasteiger partial charge in [0.05, 0.1) is 6.61 Å². The van der Waals surface area contributed by atoms with E-state index in [4.69, 9.17) is 4.74 Å². The van der Waals surface area contributed by atoms with Crippen LogP contribution in [0.25, 0.3) is 0 Å². The van der Waals surface area contributed by atoms with Gasteiger partial charge in [-0.05, 0) is 18.6 Å². The summed E-state index contributed by atoms with van der Waals surface area (Å²) in [6.45, 7) is 2.38. The van der Waals surface area contributed by atoms with Gasteiger partial charge in [0, 0.05) is 12.7 Å². The van der Waals surface area contributed by atoms with Crippen LogP contribution in [0.15, 0.2) is 42.0 Å². The van der Waals surface area contributed by atoms with Crippen molar-refractivity contribution >= 4 is 5.78 Å². The molecule has 0 aliphatic heterocycles. The van der Waals surface area contributed by atoms with Crippen LogP contribution in [-0.2, 0) is 4.74 Å². The minimum Gasteiger partial charge on any atom is -0.380 e. The number of methoxy groups -OCH3 is 1. The standard InChI is InChI=1S/C12H14O2/c1-10(9-14-2)8-12(13)11-6-4-3-5-7-11/h3-8H,9H2,1-2H3. The van der Waals surface area contributed by atoms with Gasteiger partial charge >= 0.3 is 0 Å². The lowest BCUT2D eigenvalue weighted by Gasteiger charge is -1.98. The second-order valence-corrected chi connectivity index (χ2v) is 3.15. The fourth-order valence-corrected chi connectivity index (χ4v) is 1.18. The number of hydrogen-bond donors (Lipinski definition) is 0. The largest absolute Gasteiger partial charge is 0.380 e. The monoisotopic (exact) mass is 190 g/mol. The average molecular weight is 190 g/mol. The van der Waals surface area contributed by atoms with Crippen molar-refractivity contribution in [2.45, 2.75) is 6.92 Å². The second kappa shape index (κ2) is 5.35. The third-order valence-corrected chi connectivity index (χ3v) is 1.81. The third kappa shape index (κ3) is 3.15. The Morgan fingerprint density at radius 2 is 2.00 bits per heavy atom. The third-order valence-electron chi connectivity index (χ3n) is 1.81. The first-order valence-corrected chi connectivity index (χ1v) is 4.49. The fourth-order valence-electron chi connectivity index (χ4n) is 1.18. The molecule has 1 aromatic rings. The number of carbonyl (C=O) groups excluding carboxylic acids is 1. The van der Waals surface area contributed by atoms with Gasteiger partial charge < -0.3 is 4.74 Å². The molecule has 1 aromatic carbocycles. The van der Waals surface area contributed by atoms with E-state index in [1.165, 1.54) is 0 Å². The van der Waals surface area contributed by atoms with Crippen LogP contribution in [0.5, 0.6) is 0 Å². The number of ether oxygens (including phenoxy) is 1. The molecule has 0 saturated heterocycles. The molecule has 0 amide bonds. The second-order valence-electron chi connectivity index (χ2n) is 3.15. The summed E-state index contributed by atoms with van der Waals surface area (Å²) in [6, 6.07) is 9.21. The quantitative estimate of drug-likeness (QED) is 0.538. The van der Waals surface area contributed by atoms with E-state index in [9.17, 15) is 4.79 Å². The smallest absolute Gasteiger partial charge is 0.185 e. The fraction of sp³-hybridized carbons (Fsp3) is 0.250. The Balaban J connectivity index is 2.72. The van der Waals surface area contributed by atoms with Crippen LogP contribution in [0.4, 0.5) is 0 Å². The van der Waals surface area contributed by atoms with Gasteiger partial charge in [0.2, 0.25) is 0 Å². The summed E-state index contributed by atoms with van der Waals surface area (Å²) in [5, 5.41) is 0. The van der Waals surface area contributed by atoms with Crippen molar-refractivity contribution in [3.05, 3.63) is 47.5 Å². The zero-order valence-electron chi connectivity index (χ0n) is 8.49. The van der Waals surface area contributed by atoms with Crippen LogP contribution >= 0.6 is 0 Å². The molecule has 0 saturated carbocycles. The molecule has 0 radical (unpaired) electrons. The maximum atomic E-state index is 11.6. The van der Waals surface area contributed by atoms with Gasteiger partial charge in [-0.3, -0.25) is 4.79 Å². The zero-order valence-corrected chi connectivity index (χ0v) is 8.49. The highest BCUT2D eigenvalue weighted by atomic mass is 16.5. The Morgan fingerprint density at radius 3 is 2.57 bits per heavy atom. The van der Waals surface area contributed by atoms with Crippen molar-refractivity contribution in [3.63, 3.8) is 0 Å². The van der Waals surface area contributed by atoms with Gasteiger partial charge in [-0.2, -0.15) is 0 Å². The highest BCUT2D eigenvalue weighted by Gasteiger charge is 2.01. The van der Waals surface area contributed by atoms with Crippen molar-refractivity contribution in [1.82, 2.24) is 0 Å². The average Bonchev–Trinajstić information content (AvgIpc) is 2.19. The molecule has 2 nitrogen and oxygen atoms in total. The minimum absolute atomic E-state index is 0.0279. The predicted molar refractivity (Wildman–Crippen MR) is 56.4 cm³/mol. The number of ketones is 1. The van der Waals surface area contributed by atoms with Crippen LogP contribution in [0.3, 0.4) is 0 Å². The Labute approximate surface area is 84.2 Å². The van der Waals surface area contributed by atoms with Crippen molar-refractivity contribution in [2.75, 3.05) is 13.7 Å². The van der Waals surface area contributed by atoms with Crippen LogP contribution < -0.4 is 0 Å². The Bertz CT molecular complexity index is 325. The van der Waals surface area contributed by atoms with Gasteiger partial charge in [-0.15, -0.1) is 0 Å². The van der Waals surface area contributed by atoms with Gasteiger partial charge in [0.25, 0.3) is 0 Å². The molecule has 14 heavy (non-hydrogen) atoms. The van der Waals surface area contributed by atoms with Crippen molar-refractivity contribution in [3.8, 4) is 0 Å². The van der Waals surface area contributed by atoms with Crippen molar-refractivity contribution in [2.24, 2.45) is 0 Å². The van der Waals surface area contributed by atoms with E-state index in [0.29, 0.717) is 12.2 Å². The molecule has 0 unspecified atom stereocenters. The van der Waals surface area contributed by atoms with Gasteiger partial charge in [0.1, 0.15) is 0 Å². The molecule has 0 aromatic heterocycles. The normalized spacial score (nSPS) is 11.4. The summed E-state index contributed by atoms with van der Waals surface area (Å²) in [7, 11) is 1.62. The van der Waals surface area contributed by atoms with E-state index in [-0.39, 0.29) is 5.78 Å². The highest BCUT2D eigenvalue weighted by Crippen LogP contribution is 2.03. The summed E-state index contributed by atoms with van der Waals surface area (Å²) in [6.07, 6.45) is 1.61. The number of hydrogen-bond acceptors (Lipinski definition) is 2. The van der Waals surface area contributed by atoms with Crippen LogP contribution in [0.2, 0.25) is 0 Å². The molecule has 0 fully saturated rings. The Kier molecular flexibility index (Phi) is 4.08. The number of allylic oxidation sites excluding steroid dienone is 1. The summed E-state index contributed by atoms with van der Waals surface area (Å²) >= 11 is 0. The van der Waals surface area contributed by atoms with Gasteiger partial charge in [-0.25, -0.2) is 0 Å². The van der Waals surface area contributed by atoms with Crippen LogP contribution in [0, 0.1) is 0 Å². The summed E-state index contributed by atoms with van der Waals surface area (Å²) in [4.78, 5) is 11.6. The van der Waals surface area contributed by atoms with Gasteiger partial charge in [0.15, 0.2) is 5.78 Å². The first kappa shape index (κ1) is 10.7. The van der Waals surface area contributed by atoms with Crippen molar-refractivity contribution < 1.29 is 9.53 Å². The maximum Gasteiger partial charge on any atom is 0.185 e.